The first-order valence-corrected chi connectivity index (χ1v) is 10.1. The first-order chi connectivity index (χ1) is 13.5. The van der Waals surface area contributed by atoms with Gasteiger partial charge in [0.2, 0.25) is 0 Å². The maximum atomic E-state index is 14.5. The lowest BCUT2D eigenvalue weighted by molar-refractivity contribution is -0.128. The molecule has 0 saturated heterocycles. The van der Waals surface area contributed by atoms with Gasteiger partial charge in [-0.1, -0.05) is 12.1 Å². The number of amides is 1. The average molecular weight is 434 g/mol. The number of hydrogen-bond acceptors (Lipinski definition) is 6. The minimum Gasteiger partial charge on any atom is -0.435 e. The number of hydrogen-bond donors (Lipinski definition) is 2. The van der Waals surface area contributed by atoms with Crippen LogP contribution in [0.3, 0.4) is 0 Å². The Hall–Kier alpha value is -2.86. The molecule has 2 aromatic rings. The van der Waals surface area contributed by atoms with E-state index in [4.69, 9.17) is 5.21 Å². The number of alkyl halides is 2. The summed E-state index contributed by atoms with van der Waals surface area (Å²) >= 11 is 0. The van der Waals surface area contributed by atoms with Gasteiger partial charge in [-0.15, -0.1) is 0 Å². The maximum absolute atomic E-state index is 14.5. The summed E-state index contributed by atoms with van der Waals surface area (Å²) in [5.41, 5.74) is 0.712. The number of aryl methyl sites for hydroxylation is 1. The third-order valence-electron chi connectivity index (χ3n) is 4.02. The third kappa shape index (κ3) is 5.81. The number of aromatic nitrogens is 1. The number of benzene rings is 1. The van der Waals surface area contributed by atoms with Crippen LogP contribution in [0, 0.1) is 5.82 Å². The van der Waals surface area contributed by atoms with Crippen molar-refractivity contribution < 1.29 is 36.3 Å². The number of ether oxygens (including phenoxy) is 1. The molecule has 0 aliphatic carbocycles. The predicted octanol–water partition coefficient (Wildman–Crippen LogP) is 1.56. The molecule has 1 aromatic carbocycles. The van der Waals surface area contributed by atoms with Crippen molar-refractivity contribution in [1.82, 2.24) is 10.0 Å². The van der Waals surface area contributed by atoms with Crippen molar-refractivity contribution >= 4 is 15.7 Å². The number of nitrogens with zero attached hydrogens (tertiary/aromatic N) is 1. The number of carbonyl (C=O) groups excluding carboxylic acids is 1. The van der Waals surface area contributed by atoms with Crippen LogP contribution in [0.15, 0.2) is 41.3 Å². The largest absolute Gasteiger partial charge is 0.435 e. The molecule has 0 spiro atoms. The third-order valence-corrected chi connectivity index (χ3v) is 5.50. The number of hydroxylamine groups is 1. The molecule has 158 valence electrons. The van der Waals surface area contributed by atoms with Gasteiger partial charge in [-0.05, 0) is 24.1 Å². The molecule has 0 fully saturated rings. The fourth-order valence-electron chi connectivity index (χ4n) is 2.63. The van der Waals surface area contributed by atoms with Gasteiger partial charge in [0.1, 0.15) is 16.8 Å². The summed E-state index contributed by atoms with van der Waals surface area (Å²) in [4.78, 5) is 23.8. The van der Waals surface area contributed by atoms with Crippen LogP contribution in [0.5, 0.6) is 5.75 Å². The molecule has 0 saturated carbocycles. The van der Waals surface area contributed by atoms with E-state index in [2.05, 4.69) is 4.74 Å². The van der Waals surface area contributed by atoms with Crippen molar-refractivity contribution in [2.45, 2.75) is 24.8 Å². The van der Waals surface area contributed by atoms with Gasteiger partial charge < -0.3 is 9.30 Å². The Labute approximate surface area is 163 Å². The summed E-state index contributed by atoms with van der Waals surface area (Å²) in [6.07, 6.45) is 1.27. The molecule has 1 amide bonds. The van der Waals surface area contributed by atoms with E-state index in [1.165, 1.54) is 29.7 Å². The Bertz CT molecular complexity index is 1040. The number of carbonyl (C=O) groups is 1. The van der Waals surface area contributed by atoms with E-state index >= 15 is 0 Å². The first-order valence-electron chi connectivity index (χ1n) is 8.11. The summed E-state index contributed by atoms with van der Waals surface area (Å²) < 4.78 is 67.2. The second-order valence-corrected chi connectivity index (χ2v) is 8.28. The molecule has 0 unspecified atom stereocenters. The fraction of sp³-hybridized carbons (Fsp3) is 0.294. The fourth-order valence-corrected chi connectivity index (χ4v) is 3.60. The molecule has 12 heteroatoms. The Morgan fingerprint density at radius 2 is 1.90 bits per heavy atom. The summed E-state index contributed by atoms with van der Waals surface area (Å²) in [6, 6.07) is 5.93. The number of halogens is 3. The molecular formula is C17H17F3N2O6S. The normalized spacial score (nSPS) is 12.6. The lowest BCUT2D eigenvalue weighted by Gasteiger charge is -2.14. The van der Waals surface area contributed by atoms with Gasteiger partial charge in [0.15, 0.2) is 9.84 Å². The molecule has 0 radical (unpaired) electrons. The second-order valence-electron chi connectivity index (χ2n) is 6.05. The Morgan fingerprint density at radius 3 is 2.41 bits per heavy atom. The SMILES string of the molecule is CS(=O)(=O)[C@H](CCn1cc(F)c(-c2ccc(OC(F)F)cc2)cc1=O)C(=O)NO. The molecule has 0 bridgehead atoms. The molecule has 2 rings (SSSR count). The monoisotopic (exact) mass is 434 g/mol. The Kier molecular flexibility index (Phi) is 7.03. The quantitative estimate of drug-likeness (QED) is 0.482. The Morgan fingerprint density at radius 1 is 1.28 bits per heavy atom. The number of nitrogens with one attached hydrogen (secondary N) is 1. The van der Waals surface area contributed by atoms with E-state index in [0.717, 1.165) is 23.1 Å². The summed E-state index contributed by atoms with van der Waals surface area (Å²) in [7, 11) is -3.88. The van der Waals surface area contributed by atoms with Crippen molar-refractivity contribution in [3.63, 3.8) is 0 Å². The van der Waals surface area contributed by atoms with E-state index in [1.807, 2.05) is 0 Å². The topological polar surface area (TPSA) is 115 Å². The van der Waals surface area contributed by atoms with Gasteiger partial charge in [0.25, 0.3) is 11.5 Å². The van der Waals surface area contributed by atoms with E-state index < -0.39 is 39.0 Å². The highest BCUT2D eigenvalue weighted by atomic mass is 32.2. The van der Waals surface area contributed by atoms with Crippen molar-refractivity contribution in [3.8, 4) is 16.9 Å². The molecule has 8 nitrogen and oxygen atoms in total. The molecular weight excluding hydrogens is 417 g/mol. The minimum absolute atomic E-state index is 0.0948. The van der Waals surface area contributed by atoms with Crippen LogP contribution < -0.4 is 15.8 Å². The zero-order chi connectivity index (χ0) is 21.8. The lowest BCUT2D eigenvalue weighted by Crippen LogP contribution is -2.39. The molecule has 0 aliphatic rings. The molecule has 2 N–H and O–H groups in total. The smallest absolute Gasteiger partial charge is 0.387 e. The highest BCUT2D eigenvalue weighted by Gasteiger charge is 2.28. The molecule has 1 atom stereocenters. The van der Waals surface area contributed by atoms with Gasteiger partial charge in [-0.2, -0.15) is 8.78 Å². The van der Waals surface area contributed by atoms with Crippen LogP contribution in [-0.2, 0) is 21.2 Å². The average Bonchev–Trinajstić information content (AvgIpc) is 2.63. The standard InChI is InChI=1S/C17H17F3N2O6S/c1-29(26,27)14(16(24)21-25)6-7-22-9-13(18)12(8-15(22)23)10-2-4-11(5-3-10)28-17(19)20/h2-5,8-9,14,17,25H,6-7H2,1H3,(H,21,24)/t14-/m1/s1. The van der Waals surface area contributed by atoms with Crippen molar-refractivity contribution in [2.24, 2.45) is 0 Å². The van der Waals surface area contributed by atoms with Crippen LogP contribution in [0.1, 0.15) is 6.42 Å². The van der Waals surface area contributed by atoms with Crippen LogP contribution in [0.4, 0.5) is 13.2 Å². The van der Waals surface area contributed by atoms with Crippen molar-refractivity contribution in [2.75, 3.05) is 6.26 Å². The van der Waals surface area contributed by atoms with Crippen LogP contribution >= 0.6 is 0 Å². The van der Waals surface area contributed by atoms with Gasteiger partial charge >= 0.3 is 6.61 Å². The molecule has 0 aliphatic heterocycles. The minimum atomic E-state index is -3.88. The van der Waals surface area contributed by atoms with E-state index in [9.17, 15) is 31.2 Å². The molecule has 1 heterocycles. The predicted molar refractivity (Wildman–Crippen MR) is 95.9 cm³/mol. The molecule has 1 aromatic heterocycles. The molecule has 29 heavy (non-hydrogen) atoms. The van der Waals surface area contributed by atoms with E-state index in [1.54, 1.807) is 0 Å². The Balaban J connectivity index is 2.25. The highest BCUT2D eigenvalue weighted by Crippen LogP contribution is 2.24. The second kappa shape index (κ2) is 9.09. The summed E-state index contributed by atoms with van der Waals surface area (Å²) in [5.74, 6) is -2.12. The highest BCUT2D eigenvalue weighted by molar-refractivity contribution is 7.92. The van der Waals surface area contributed by atoms with Crippen LogP contribution in [0.2, 0.25) is 0 Å². The number of sulfone groups is 1. The van der Waals surface area contributed by atoms with E-state index in [0.29, 0.717) is 0 Å². The zero-order valence-electron chi connectivity index (χ0n) is 15.0. The number of pyridine rings is 1. The van der Waals surface area contributed by atoms with E-state index in [-0.39, 0.29) is 29.8 Å². The maximum Gasteiger partial charge on any atom is 0.387 e. The number of rotatable bonds is 8. The first kappa shape index (κ1) is 22.4. The van der Waals surface area contributed by atoms with Gasteiger partial charge in [0.05, 0.1) is 0 Å². The van der Waals surface area contributed by atoms with Crippen molar-refractivity contribution in [1.29, 1.82) is 0 Å². The van der Waals surface area contributed by atoms with Gasteiger partial charge in [0, 0.05) is 30.6 Å². The van der Waals surface area contributed by atoms with Crippen LogP contribution in [-0.4, -0.2) is 42.2 Å². The van der Waals surface area contributed by atoms with Crippen molar-refractivity contribution in [3.05, 3.63) is 52.7 Å². The zero-order valence-corrected chi connectivity index (χ0v) is 15.8. The van der Waals surface area contributed by atoms with Gasteiger partial charge in [-0.3, -0.25) is 14.8 Å². The van der Waals surface area contributed by atoms with Gasteiger partial charge in [-0.25, -0.2) is 18.3 Å². The summed E-state index contributed by atoms with van der Waals surface area (Å²) in [6.45, 7) is -3.31. The van der Waals surface area contributed by atoms with Crippen LogP contribution in [0.25, 0.3) is 11.1 Å². The summed E-state index contributed by atoms with van der Waals surface area (Å²) in [5, 5.41) is 7.03. The lowest BCUT2D eigenvalue weighted by atomic mass is 10.1.